The third-order valence-electron chi connectivity index (χ3n) is 5.28. The number of nitrogens with one attached hydrogen (secondary N) is 2. The van der Waals surface area contributed by atoms with Crippen LogP contribution < -0.4 is 25.0 Å². The van der Waals surface area contributed by atoms with E-state index in [-0.39, 0.29) is 24.0 Å². The molecule has 2 aromatic rings. The first-order valence-corrected chi connectivity index (χ1v) is 11.2. The minimum Gasteiger partial charge on any atom is -0.497 e. The predicted octanol–water partition coefficient (Wildman–Crippen LogP) is 4.01. The first kappa shape index (κ1) is 26.0. The molecule has 0 aliphatic carbocycles. The van der Waals surface area contributed by atoms with Gasteiger partial charge in [-0.25, -0.2) is 4.98 Å². The van der Waals surface area contributed by atoms with Crippen LogP contribution in [0.4, 0.5) is 5.82 Å². The van der Waals surface area contributed by atoms with Crippen LogP contribution in [0.1, 0.15) is 31.7 Å². The van der Waals surface area contributed by atoms with E-state index >= 15 is 0 Å². The Morgan fingerprint density at radius 2 is 1.97 bits per heavy atom. The average molecular weight is 553 g/mol. The minimum absolute atomic E-state index is 0. The number of aromatic nitrogens is 1. The predicted molar refractivity (Wildman–Crippen MR) is 142 cm³/mol. The molecule has 1 aliphatic rings. The Labute approximate surface area is 209 Å². The van der Waals surface area contributed by atoms with Crippen molar-refractivity contribution >= 4 is 35.8 Å². The van der Waals surface area contributed by atoms with Gasteiger partial charge in [0.15, 0.2) is 5.96 Å². The fourth-order valence-electron chi connectivity index (χ4n) is 3.55. The third-order valence-corrected chi connectivity index (χ3v) is 5.28. The van der Waals surface area contributed by atoms with Gasteiger partial charge in [-0.1, -0.05) is 12.1 Å². The highest BCUT2D eigenvalue weighted by atomic mass is 127. The molecule has 32 heavy (non-hydrogen) atoms. The molecule has 2 heterocycles. The van der Waals surface area contributed by atoms with Gasteiger partial charge in [0.05, 0.1) is 13.7 Å². The van der Waals surface area contributed by atoms with Gasteiger partial charge in [-0.3, -0.25) is 4.99 Å². The van der Waals surface area contributed by atoms with Crippen molar-refractivity contribution in [3.05, 3.63) is 48.2 Å². The second-order valence-corrected chi connectivity index (χ2v) is 7.74. The molecule has 0 bridgehead atoms. The van der Waals surface area contributed by atoms with E-state index in [1.807, 2.05) is 30.5 Å². The van der Waals surface area contributed by atoms with Gasteiger partial charge in [0.2, 0.25) is 0 Å². The van der Waals surface area contributed by atoms with Gasteiger partial charge < -0.3 is 25.0 Å². The molecule has 0 amide bonds. The van der Waals surface area contributed by atoms with E-state index in [4.69, 9.17) is 14.5 Å². The minimum atomic E-state index is 0. The Morgan fingerprint density at radius 1 is 1.19 bits per heavy atom. The molecule has 0 radical (unpaired) electrons. The van der Waals surface area contributed by atoms with Gasteiger partial charge in [0, 0.05) is 50.9 Å². The number of ether oxygens (including phenoxy) is 2. The molecule has 2 N–H and O–H groups in total. The highest BCUT2D eigenvalue weighted by molar-refractivity contribution is 14.0. The van der Waals surface area contributed by atoms with Crippen molar-refractivity contribution in [1.82, 2.24) is 15.6 Å². The number of methoxy groups -OCH3 is 1. The molecule has 1 aliphatic heterocycles. The number of aryl methyl sites for hydroxylation is 1. The number of anilines is 1. The Kier molecular flexibility index (Phi) is 11.4. The molecule has 1 aromatic heterocycles. The van der Waals surface area contributed by atoms with Gasteiger partial charge in [0.25, 0.3) is 0 Å². The molecule has 8 heteroatoms. The van der Waals surface area contributed by atoms with Crippen LogP contribution in [-0.4, -0.2) is 56.9 Å². The summed E-state index contributed by atoms with van der Waals surface area (Å²) in [5.41, 5.74) is 1.20. The zero-order valence-corrected chi connectivity index (χ0v) is 21.7. The van der Waals surface area contributed by atoms with E-state index in [9.17, 15) is 0 Å². The van der Waals surface area contributed by atoms with E-state index in [1.165, 1.54) is 5.56 Å². The van der Waals surface area contributed by atoms with Gasteiger partial charge in [-0.2, -0.15) is 0 Å². The van der Waals surface area contributed by atoms with Crippen molar-refractivity contribution in [2.75, 3.05) is 44.8 Å². The molecule has 0 spiro atoms. The van der Waals surface area contributed by atoms with E-state index in [0.717, 1.165) is 62.2 Å². The fraction of sp³-hybridized carbons (Fsp3) is 0.500. The number of rotatable bonds is 9. The van der Waals surface area contributed by atoms with Crippen molar-refractivity contribution in [2.45, 2.75) is 39.2 Å². The SMILES string of the molecule is CCNC(=NCCCOc1cccc(OC)c1)NC1CCN(c2ccc(C)cn2)CC1.I. The number of pyridine rings is 1. The Hall–Kier alpha value is -2.23. The van der Waals surface area contributed by atoms with E-state index < -0.39 is 0 Å². The number of piperidine rings is 1. The number of halogens is 1. The lowest BCUT2D eigenvalue weighted by molar-refractivity contribution is 0.311. The zero-order chi connectivity index (χ0) is 21.9. The number of nitrogens with zero attached hydrogens (tertiary/aromatic N) is 3. The van der Waals surface area contributed by atoms with Crippen LogP contribution >= 0.6 is 24.0 Å². The van der Waals surface area contributed by atoms with Gasteiger partial charge >= 0.3 is 0 Å². The summed E-state index contributed by atoms with van der Waals surface area (Å²) in [6.07, 6.45) is 4.93. The first-order chi connectivity index (χ1) is 15.2. The summed E-state index contributed by atoms with van der Waals surface area (Å²) < 4.78 is 11.0. The summed E-state index contributed by atoms with van der Waals surface area (Å²) in [6.45, 7) is 8.35. The van der Waals surface area contributed by atoms with Crippen molar-refractivity contribution in [1.29, 1.82) is 0 Å². The number of hydrogen-bond donors (Lipinski definition) is 2. The molecule has 1 aromatic carbocycles. The number of guanidine groups is 1. The van der Waals surface area contributed by atoms with Crippen LogP contribution in [-0.2, 0) is 0 Å². The summed E-state index contributed by atoms with van der Waals surface area (Å²) in [6, 6.07) is 12.3. The lowest BCUT2D eigenvalue weighted by atomic mass is 10.1. The highest BCUT2D eigenvalue weighted by Gasteiger charge is 2.20. The number of benzene rings is 1. The van der Waals surface area contributed by atoms with Crippen LogP contribution in [0.25, 0.3) is 0 Å². The molecule has 3 rings (SSSR count). The van der Waals surface area contributed by atoms with Crippen LogP contribution in [0.3, 0.4) is 0 Å². The molecule has 1 fully saturated rings. The Balaban J connectivity index is 0.00000363. The lowest BCUT2D eigenvalue weighted by Crippen LogP contribution is -2.49. The summed E-state index contributed by atoms with van der Waals surface area (Å²) >= 11 is 0. The molecule has 0 unspecified atom stereocenters. The van der Waals surface area contributed by atoms with Crippen LogP contribution in [0.2, 0.25) is 0 Å². The van der Waals surface area contributed by atoms with Crippen LogP contribution in [0, 0.1) is 6.92 Å². The maximum Gasteiger partial charge on any atom is 0.191 e. The maximum atomic E-state index is 5.80. The fourth-order valence-corrected chi connectivity index (χ4v) is 3.55. The third kappa shape index (κ3) is 8.37. The first-order valence-electron chi connectivity index (χ1n) is 11.2. The maximum absolute atomic E-state index is 5.80. The zero-order valence-electron chi connectivity index (χ0n) is 19.3. The van der Waals surface area contributed by atoms with Crippen LogP contribution in [0.15, 0.2) is 47.6 Å². The second kappa shape index (κ2) is 14.0. The molecular weight excluding hydrogens is 517 g/mol. The monoisotopic (exact) mass is 553 g/mol. The van der Waals surface area contributed by atoms with E-state index in [0.29, 0.717) is 19.2 Å². The quantitative estimate of drug-likeness (QED) is 0.212. The highest BCUT2D eigenvalue weighted by Crippen LogP contribution is 2.19. The standard InChI is InChI=1S/C24H35N5O2.HI/c1-4-25-24(26-13-6-16-31-22-8-5-7-21(17-22)30-3)28-20-11-14-29(15-12-20)23-10-9-19(2)18-27-23;/h5,7-10,17-18,20H,4,6,11-16H2,1-3H3,(H2,25,26,28);1H. The van der Waals surface area contributed by atoms with Gasteiger partial charge in [0.1, 0.15) is 17.3 Å². The average Bonchev–Trinajstić information content (AvgIpc) is 2.80. The van der Waals surface area contributed by atoms with Crippen molar-refractivity contribution in [2.24, 2.45) is 4.99 Å². The van der Waals surface area contributed by atoms with Gasteiger partial charge in [-0.15, -0.1) is 24.0 Å². The number of aliphatic imine (C=N–C) groups is 1. The molecule has 1 saturated heterocycles. The molecule has 0 saturated carbocycles. The van der Waals surface area contributed by atoms with Crippen molar-refractivity contribution < 1.29 is 9.47 Å². The topological polar surface area (TPSA) is 71.0 Å². The summed E-state index contributed by atoms with van der Waals surface area (Å²) in [7, 11) is 1.66. The van der Waals surface area contributed by atoms with Gasteiger partial charge in [-0.05, 0) is 50.5 Å². The molecule has 7 nitrogen and oxygen atoms in total. The van der Waals surface area contributed by atoms with Crippen LogP contribution in [0.5, 0.6) is 11.5 Å². The largest absolute Gasteiger partial charge is 0.497 e. The van der Waals surface area contributed by atoms with E-state index in [2.05, 4.69) is 46.5 Å². The summed E-state index contributed by atoms with van der Waals surface area (Å²) in [4.78, 5) is 11.6. The second-order valence-electron chi connectivity index (χ2n) is 7.74. The summed E-state index contributed by atoms with van der Waals surface area (Å²) in [5.74, 6) is 3.58. The Morgan fingerprint density at radius 3 is 2.66 bits per heavy atom. The molecule has 176 valence electrons. The Bertz CT molecular complexity index is 823. The van der Waals surface area contributed by atoms with E-state index in [1.54, 1.807) is 7.11 Å². The van der Waals surface area contributed by atoms with Crippen molar-refractivity contribution in [3.8, 4) is 11.5 Å². The van der Waals surface area contributed by atoms with Crippen molar-refractivity contribution in [3.63, 3.8) is 0 Å². The number of hydrogen-bond acceptors (Lipinski definition) is 5. The summed E-state index contributed by atoms with van der Waals surface area (Å²) in [5, 5.41) is 6.95. The molecular formula is C24H36IN5O2. The molecule has 0 atom stereocenters. The normalized spacial score (nSPS) is 14.5. The smallest absolute Gasteiger partial charge is 0.191 e. The lowest BCUT2D eigenvalue weighted by Gasteiger charge is -2.33.